The smallest absolute Gasteiger partial charge is 0.407 e. The van der Waals surface area contributed by atoms with Gasteiger partial charge in [0.25, 0.3) is 0 Å². The molecule has 6 nitrogen and oxygen atoms in total. The van der Waals surface area contributed by atoms with Crippen molar-refractivity contribution in [1.82, 2.24) is 9.88 Å². The maximum absolute atomic E-state index is 11.3. The van der Waals surface area contributed by atoms with E-state index in [0.717, 1.165) is 5.56 Å². The van der Waals surface area contributed by atoms with E-state index in [9.17, 15) is 9.90 Å². The number of nitrogens with zero attached hydrogens (tertiary/aromatic N) is 2. The van der Waals surface area contributed by atoms with Gasteiger partial charge >= 0.3 is 6.09 Å². The van der Waals surface area contributed by atoms with E-state index in [2.05, 4.69) is 4.98 Å². The molecule has 1 aromatic heterocycles. The average molecular weight is 279 g/mol. The Labute approximate surface area is 118 Å². The number of amides is 1. The van der Waals surface area contributed by atoms with Gasteiger partial charge in [-0.3, -0.25) is 0 Å². The van der Waals surface area contributed by atoms with Crippen LogP contribution in [0.1, 0.15) is 26.3 Å². The molecule has 1 aliphatic heterocycles. The first kappa shape index (κ1) is 14.6. The van der Waals surface area contributed by atoms with E-state index in [1.807, 2.05) is 26.8 Å². The standard InChI is InChI=1S/C14H21N3O3/c1-13(2,3)14(10-4-5-11(15)16-8-10)9-17(12(18)19)6-7-20-14/h4-5,8H,6-7,9H2,1-3H3,(H2,15,16)(H,18,19). The fourth-order valence-corrected chi connectivity index (χ4v) is 2.59. The van der Waals surface area contributed by atoms with Gasteiger partial charge in [0.1, 0.15) is 11.4 Å². The van der Waals surface area contributed by atoms with Crippen LogP contribution in [0.4, 0.5) is 10.6 Å². The zero-order valence-electron chi connectivity index (χ0n) is 12.1. The number of rotatable bonds is 1. The third kappa shape index (κ3) is 2.43. The van der Waals surface area contributed by atoms with E-state index in [4.69, 9.17) is 10.5 Å². The lowest BCUT2D eigenvalue weighted by molar-refractivity contribution is -0.166. The minimum Gasteiger partial charge on any atom is -0.465 e. The van der Waals surface area contributed by atoms with Gasteiger partial charge in [-0.25, -0.2) is 9.78 Å². The molecule has 6 heteroatoms. The predicted molar refractivity (Wildman–Crippen MR) is 75.3 cm³/mol. The fourth-order valence-electron chi connectivity index (χ4n) is 2.59. The lowest BCUT2D eigenvalue weighted by Crippen LogP contribution is -2.57. The van der Waals surface area contributed by atoms with Gasteiger partial charge in [-0.2, -0.15) is 0 Å². The maximum Gasteiger partial charge on any atom is 0.407 e. The number of nitrogens with two attached hydrogens (primary N) is 1. The fraction of sp³-hybridized carbons (Fsp3) is 0.571. The summed E-state index contributed by atoms with van der Waals surface area (Å²) >= 11 is 0. The molecule has 2 rings (SSSR count). The van der Waals surface area contributed by atoms with Crippen LogP contribution in [0, 0.1) is 5.41 Å². The number of pyridine rings is 1. The van der Waals surface area contributed by atoms with Crippen molar-refractivity contribution < 1.29 is 14.6 Å². The number of anilines is 1. The quantitative estimate of drug-likeness (QED) is 0.819. The molecule has 0 aromatic carbocycles. The van der Waals surface area contributed by atoms with E-state index >= 15 is 0 Å². The van der Waals surface area contributed by atoms with E-state index < -0.39 is 11.7 Å². The van der Waals surface area contributed by atoms with Crippen LogP contribution in [-0.4, -0.2) is 40.8 Å². The highest BCUT2D eigenvalue weighted by Crippen LogP contribution is 2.44. The van der Waals surface area contributed by atoms with E-state index in [1.165, 1.54) is 4.90 Å². The average Bonchev–Trinajstić information content (AvgIpc) is 2.38. The van der Waals surface area contributed by atoms with Crippen LogP contribution in [0.2, 0.25) is 0 Å². The molecule has 0 saturated carbocycles. The minimum absolute atomic E-state index is 0.279. The third-order valence-corrected chi connectivity index (χ3v) is 3.86. The van der Waals surface area contributed by atoms with Crippen LogP contribution < -0.4 is 5.73 Å². The number of ether oxygens (including phenoxy) is 1. The molecule has 3 N–H and O–H groups in total. The first-order valence-electron chi connectivity index (χ1n) is 6.60. The van der Waals surface area contributed by atoms with Crippen molar-refractivity contribution in [2.45, 2.75) is 26.4 Å². The van der Waals surface area contributed by atoms with Gasteiger partial charge in [0.15, 0.2) is 0 Å². The van der Waals surface area contributed by atoms with Crippen LogP contribution >= 0.6 is 0 Å². The summed E-state index contributed by atoms with van der Waals surface area (Å²) in [6.07, 6.45) is 0.747. The second-order valence-corrected chi connectivity index (χ2v) is 6.10. The van der Waals surface area contributed by atoms with E-state index in [-0.39, 0.29) is 12.0 Å². The highest BCUT2D eigenvalue weighted by atomic mass is 16.5. The summed E-state index contributed by atoms with van der Waals surface area (Å²) in [6, 6.07) is 3.57. The van der Waals surface area contributed by atoms with Gasteiger partial charge in [-0.15, -0.1) is 0 Å². The van der Waals surface area contributed by atoms with Gasteiger partial charge in [-0.05, 0) is 11.5 Å². The number of hydrogen-bond donors (Lipinski definition) is 2. The number of hydrogen-bond acceptors (Lipinski definition) is 4. The molecule has 0 radical (unpaired) electrons. The summed E-state index contributed by atoms with van der Waals surface area (Å²) in [5.41, 5.74) is 5.48. The Balaban J connectivity index is 2.46. The van der Waals surface area contributed by atoms with Crippen LogP contribution in [0.3, 0.4) is 0 Å². The van der Waals surface area contributed by atoms with Crippen molar-refractivity contribution in [2.75, 3.05) is 25.4 Å². The third-order valence-electron chi connectivity index (χ3n) is 3.86. The molecular weight excluding hydrogens is 258 g/mol. The molecule has 1 atom stereocenters. The first-order valence-corrected chi connectivity index (χ1v) is 6.60. The molecule has 0 spiro atoms. The largest absolute Gasteiger partial charge is 0.465 e. The van der Waals surface area contributed by atoms with Crippen molar-refractivity contribution in [3.63, 3.8) is 0 Å². The zero-order chi connectivity index (χ0) is 15.0. The van der Waals surface area contributed by atoms with E-state index in [0.29, 0.717) is 19.0 Å². The Bertz CT molecular complexity index is 495. The Morgan fingerprint density at radius 1 is 1.50 bits per heavy atom. The van der Waals surface area contributed by atoms with Crippen molar-refractivity contribution >= 4 is 11.9 Å². The topological polar surface area (TPSA) is 88.7 Å². The summed E-state index contributed by atoms with van der Waals surface area (Å²) in [7, 11) is 0. The van der Waals surface area contributed by atoms with Crippen LogP contribution in [0.15, 0.2) is 18.3 Å². The van der Waals surface area contributed by atoms with Gasteiger partial charge in [0, 0.05) is 18.3 Å². The summed E-state index contributed by atoms with van der Waals surface area (Å²) in [4.78, 5) is 16.8. The monoisotopic (exact) mass is 279 g/mol. The SMILES string of the molecule is CC(C)(C)C1(c2ccc(N)nc2)CN(C(=O)O)CCO1. The van der Waals surface area contributed by atoms with Crippen molar-refractivity contribution in [3.05, 3.63) is 23.9 Å². The lowest BCUT2D eigenvalue weighted by atomic mass is 9.71. The van der Waals surface area contributed by atoms with E-state index in [1.54, 1.807) is 12.3 Å². The highest BCUT2D eigenvalue weighted by Gasteiger charge is 2.49. The molecular formula is C14H21N3O3. The molecule has 1 aromatic rings. The summed E-state index contributed by atoms with van der Waals surface area (Å²) in [6.45, 7) is 7.15. The molecule has 1 unspecified atom stereocenters. The molecule has 110 valence electrons. The van der Waals surface area contributed by atoms with Gasteiger partial charge < -0.3 is 20.5 Å². The van der Waals surface area contributed by atoms with Crippen molar-refractivity contribution in [1.29, 1.82) is 0 Å². The lowest BCUT2D eigenvalue weighted by Gasteiger charge is -2.49. The van der Waals surface area contributed by atoms with Crippen molar-refractivity contribution in [3.8, 4) is 0 Å². The first-order chi connectivity index (χ1) is 9.26. The molecule has 1 aliphatic rings. The predicted octanol–water partition coefficient (Wildman–Crippen LogP) is 1.92. The molecule has 2 heterocycles. The molecule has 1 fully saturated rings. The molecule has 1 saturated heterocycles. The summed E-state index contributed by atoms with van der Waals surface area (Å²) < 4.78 is 6.05. The molecule has 1 amide bonds. The van der Waals surface area contributed by atoms with Gasteiger partial charge in [0.2, 0.25) is 0 Å². The number of carboxylic acid groups (broad SMARTS) is 1. The number of carbonyl (C=O) groups is 1. The molecule has 0 bridgehead atoms. The second-order valence-electron chi connectivity index (χ2n) is 6.10. The highest BCUT2D eigenvalue weighted by molar-refractivity contribution is 5.65. The Kier molecular flexibility index (Phi) is 3.60. The summed E-state index contributed by atoms with van der Waals surface area (Å²) in [5.74, 6) is 0.434. The van der Waals surface area contributed by atoms with Crippen molar-refractivity contribution in [2.24, 2.45) is 5.41 Å². The summed E-state index contributed by atoms with van der Waals surface area (Å²) in [5, 5.41) is 9.26. The second kappa shape index (κ2) is 4.94. The Morgan fingerprint density at radius 2 is 2.20 bits per heavy atom. The van der Waals surface area contributed by atoms with Crippen LogP contribution in [0.5, 0.6) is 0 Å². The number of nitrogen functional groups attached to an aromatic ring is 1. The number of morpholine rings is 1. The van der Waals surface area contributed by atoms with Crippen LogP contribution in [-0.2, 0) is 10.3 Å². The Hall–Kier alpha value is -1.82. The Morgan fingerprint density at radius 3 is 2.70 bits per heavy atom. The number of aromatic nitrogens is 1. The zero-order valence-corrected chi connectivity index (χ0v) is 12.1. The minimum atomic E-state index is -0.926. The van der Waals surface area contributed by atoms with Gasteiger partial charge in [0.05, 0.1) is 13.2 Å². The molecule has 20 heavy (non-hydrogen) atoms. The normalized spacial score (nSPS) is 23.6. The maximum atomic E-state index is 11.3. The molecule has 0 aliphatic carbocycles. The van der Waals surface area contributed by atoms with Crippen LogP contribution in [0.25, 0.3) is 0 Å². The van der Waals surface area contributed by atoms with Gasteiger partial charge in [-0.1, -0.05) is 26.8 Å².